The predicted octanol–water partition coefficient (Wildman–Crippen LogP) is 0.574. The van der Waals surface area contributed by atoms with Crippen LogP contribution in [-0.2, 0) is 9.47 Å². The van der Waals surface area contributed by atoms with Gasteiger partial charge >= 0.3 is 6.09 Å². The minimum Gasteiger partial charge on any atom is -0.444 e. The predicted molar refractivity (Wildman–Crippen MR) is 76.8 cm³/mol. The summed E-state index contributed by atoms with van der Waals surface area (Å²) >= 11 is 0. The van der Waals surface area contributed by atoms with E-state index in [4.69, 9.17) is 9.47 Å². The van der Waals surface area contributed by atoms with Crippen LogP contribution in [0.15, 0.2) is 0 Å². The monoisotopic (exact) mass is 285 g/mol. The molecule has 2 aliphatic heterocycles. The Morgan fingerprint density at radius 1 is 1.45 bits per heavy atom. The van der Waals surface area contributed by atoms with Crippen molar-refractivity contribution in [1.29, 1.82) is 0 Å². The van der Waals surface area contributed by atoms with Crippen molar-refractivity contribution in [3.63, 3.8) is 0 Å². The molecule has 2 N–H and O–H groups in total. The Labute approximate surface area is 121 Å². The van der Waals surface area contributed by atoms with Crippen molar-refractivity contribution < 1.29 is 14.3 Å². The van der Waals surface area contributed by atoms with Gasteiger partial charge in [0.2, 0.25) is 0 Å². The van der Waals surface area contributed by atoms with Crippen molar-refractivity contribution in [2.75, 3.05) is 39.4 Å². The Bertz CT molecular complexity index is 326. The fourth-order valence-electron chi connectivity index (χ4n) is 2.56. The largest absolute Gasteiger partial charge is 0.444 e. The third-order valence-corrected chi connectivity index (χ3v) is 3.65. The molecule has 116 valence electrons. The lowest BCUT2D eigenvalue weighted by molar-refractivity contribution is -0.0416. The Balaban J connectivity index is 1.70. The summed E-state index contributed by atoms with van der Waals surface area (Å²) in [5.41, 5.74) is -0.443. The van der Waals surface area contributed by atoms with Crippen LogP contribution in [0.25, 0.3) is 0 Å². The van der Waals surface area contributed by atoms with Crippen LogP contribution >= 0.6 is 0 Å². The van der Waals surface area contributed by atoms with Crippen LogP contribution in [0.4, 0.5) is 4.79 Å². The molecule has 20 heavy (non-hydrogen) atoms. The number of ether oxygens (including phenoxy) is 2. The molecule has 1 atom stereocenters. The first kappa shape index (κ1) is 15.5. The van der Waals surface area contributed by atoms with Gasteiger partial charge in [-0.3, -0.25) is 4.90 Å². The summed E-state index contributed by atoms with van der Waals surface area (Å²) in [4.78, 5) is 14.1. The number of nitrogens with one attached hydrogen (secondary N) is 2. The average Bonchev–Trinajstić information content (AvgIpc) is 2.26. The highest BCUT2D eigenvalue weighted by Crippen LogP contribution is 2.16. The van der Waals surface area contributed by atoms with Crippen LogP contribution in [0.1, 0.15) is 27.2 Å². The number of alkyl carbamates (subject to hydrolysis) is 1. The molecule has 0 radical (unpaired) electrons. The summed E-state index contributed by atoms with van der Waals surface area (Å²) in [6.45, 7) is 10.9. The lowest BCUT2D eigenvalue weighted by atomic mass is 10.0. The minimum atomic E-state index is -0.443. The van der Waals surface area contributed by atoms with E-state index in [9.17, 15) is 4.79 Å². The summed E-state index contributed by atoms with van der Waals surface area (Å²) < 4.78 is 10.8. The maximum atomic E-state index is 11.6. The Kier molecular flexibility index (Phi) is 5.23. The molecule has 6 heteroatoms. The third-order valence-electron chi connectivity index (χ3n) is 3.65. The molecule has 0 aromatic carbocycles. The summed E-state index contributed by atoms with van der Waals surface area (Å²) in [6.07, 6.45) is 0.557. The molecule has 0 aromatic heterocycles. The highest BCUT2D eigenvalue weighted by atomic mass is 16.6. The van der Waals surface area contributed by atoms with Crippen molar-refractivity contribution in [3.8, 4) is 0 Å². The van der Waals surface area contributed by atoms with E-state index in [1.165, 1.54) is 0 Å². The number of amides is 1. The lowest BCUT2D eigenvalue weighted by Crippen LogP contribution is -2.63. The van der Waals surface area contributed by atoms with E-state index in [2.05, 4.69) is 15.5 Å². The highest BCUT2D eigenvalue weighted by molar-refractivity contribution is 5.67. The molecule has 0 spiro atoms. The average molecular weight is 285 g/mol. The first-order valence-corrected chi connectivity index (χ1v) is 7.47. The van der Waals surface area contributed by atoms with E-state index >= 15 is 0 Å². The molecule has 0 aliphatic carbocycles. The third kappa shape index (κ3) is 4.61. The van der Waals surface area contributed by atoms with Gasteiger partial charge in [0.05, 0.1) is 13.2 Å². The minimum absolute atomic E-state index is 0.342. The molecule has 6 nitrogen and oxygen atoms in total. The molecular formula is C14H27N3O3. The van der Waals surface area contributed by atoms with Crippen molar-refractivity contribution >= 4 is 6.09 Å². The summed E-state index contributed by atoms with van der Waals surface area (Å²) in [6, 6.07) is 1.02. The second kappa shape index (κ2) is 6.74. The fraction of sp³-hybridized carbons (Fsp3) is 0.929. The molecule has 2 saturated heterocycles. The Morgan fingerprint density at radius 3 is 2.80 bits per heavy atom. The SMILES string of the molecule is CC(C)(C)OC(=O)NCCC1COCCN1C1CNC1. The highest BCUT2D eigenvalue weighted by Gasteiger charge is 2.32. The van der Waals surface area contributed by atoms with E-state index in [1.807, 2.05) is 20.8 Å². The van der Waals surface area contributed by atoms with Crippen LogP contribution < -0.4 is 10.6 Å². The maximum absolute atomic E-state index is 11.6. The molecule has 0 aromatic rings. The van der Waals surface area contributed by atoms with Crippen molar-refractivity contribution in [3.05, 3.63) is 0 Å². The Morgan fingerprint density at radius 2 is 2.20 bits per heavy atom. The summed E-state index contributed by atoms with van der Waals surface area (Å²) in [5, 5.41) is 6.13. The number of hydrogen-bond acceptors (Lipinski definition) is 5. The smallest absolute Gasteiger partial charge is 0.407 e. The lowest BCUT2D eigenvalue weighted by Gasteiger charge is -2.45. The molecule has 2 aliphatic rings. The number of rotatable bonds is 4. The van der Waals surface area contributed by atoms with E-state index in [-0.39, 0.29) is 6.09 Å². The van der Waals surface area contributed by atoms with Gasteiger partial charge in [-0.05, 0) is 27.2 Å². The number of carbonyl (C=O) groups is 1. The van der Waals surface area contributed by atoms with E-state index in [0.29, 0.717) is 18.6 Å². The molecule has 2 heterocycles. The molecule has 0 saturated carbocycles. The summed E-state index contributed by atoms with van der Waals surface area (Å²) in [5.74, 6) is 0. The van der Waals surface area contributed by atoms with Gasteiger partial charge in [-0.2, -0.15) is 0 Å². The number of hydrogen-bond donors (Lipinski definition) is 2. The number of morpholine rings is 1. The van der Waals surface area contributed by atoms with E-state index < -0.39 is 5.60 Å². The van der Waals surface area contributed by atoms with Gasteiger partial charge in [-0.15, -0.1) is 0 Å². The normalized spacial score (nSPS) is 25.1. The van der Waals surface area contributed by atoms with E-state index in [1.54, 1.807) is 0 Å². The second-order valence-corrected chi connectivity index (χ2v) is 6.50. The van der Waals surface area contributed by atoms with Gasteiger partial charge in [0.25, 0.3) is 0 Å². The fourth-order valence-corrected chi connectivity index (χ4v) is 2.56. The topological polar surface area (TPSA) is 62.8 Å². The molecular weight excluding hydrogens is 258 g/mol. The Hall–Kier alpha value is -0.850. The molecule has 1 amide bonds. The number of carbonyl (C=O) groups excluding carboxylic acids is 1. The van der Waals surface area contributed by atoms with Crippen LogP contribution in [-0.4, -0.2) is 68.1 Å². The van der Waals surface area contributed by atoms with Gasteiger partial charge in [-0.1, -0.05) is 0 Å². The standard InChI is InChI=1S/C14H27N3O3/c1-14(2,3)20-13(18)16-5-4-11-10-19-7-6-17(11)12-8-15-9-12/h11-12,15H,4-10H2,1-3H3,(H,16,18). The number of nitrogens with zero attached hydrogens (tertiary/aromatic N) is 1. The van der Waals surface area contributed by atoms with Gasteiger partial charge in [0.1, 0.15) is 5.60 Å². The van der Waals surface area contributed by atoms with Gasteiger partial charge in [-0.25, -0.2) is 4.79 Å². The van der Waals surface area contributed by atoms with Crippen LogP contribution in [0.5, 0.6) is 0 Å². The maximum Gasteiger partial charge on any atom is 0.407 e. The van der Waals surface area contributed by atoms with Gasteiger partial charge in [0, 0.05) is 38.3 Å². The summed E-state index contributed by atoms with van der Waals surface area (Å²) in [7, 11) is 0. The quantitative estimate of drug-likeness (QED) is 0.791. The molecule has 0 bridgehead atoms. The molecule has 1 unspecified atom stereocenters. The molecule has 2 rings (SSSR count). The van der Waals surface area contributed by atoms with Crippen LogP contribution in [0.2, 0.25) is 0 Å². The van der Waals surface area contributed by atoms with Crippen LogP contribution in [0, 0.1) is 0 Å². The first-order valence-electron chi connectivity index (χ1n) is 7.47. The zero-order valence-electron chi connectivity index (χ0n) is 12.8. The second-order valence-electron chi connectivity index (χ2n) is 6.50. The zero-order valence-corrected chi connectivity index (χ0v) is 12.8. The van der Waals surface area contributed by atoms with Gasteiger partial charge in [0.15, 0.2) is 0 Å². The first-order chi connectivity index (χ1) is 9.46. The van der Waals surface area contributed by atoms with Crippen molar-refractivity contribution in [2.45, 2.75) is 44.9 Å². The van der Waals surface area contributed by atoms with Crippen LogP contribution in [0.3, 0.4) is 0 Å². The van der Waals surface area contributed by atoms with Crippen molar-refractivity contribution in [2.24, 2.45) is 0 Å². The molecule has 2 fully saturated rings. The zero-order chi connectivity index (χ0) is 14.6. The van der Waals surface area contributed by atoms with Crippen molar-refractivity contribution in [1.82, 2.24) is 15.5 Å². The van der Waals surface area contributed by atoms with E-state index in [0.717, 1.165) is 39.3 Å². The van der Waals surface area contributed by atoms with Gasteiger partial charge < -0.3 is 20.1 Å².